The summed E-state index contributed by atoms with van der Waals surface area (Å²) in [4.78, 5) is 27.6. The number of benzene rings is 1. The molecule has 24 heavy (non-hydrogen) atoms. The van der Waals surface area contributed by atoms with E-state index in [1.54, 1.807) is 30.6 Å². The summed E-state index contributed by atoms with van der Waals surface area (Å²) in [5.74, 6) is -0.664. The molecule has 7 heteroatoms. The number of rotatable bonds is 3. The van der Waals surface area contributed by atoms with Crippen molar-refractivity contribution in [2.45, 2.75) is 6.54 Å². The highest BCUT2D eigenvalue weighted by Crippen LogP contribution is 2.27. The smallest absolute Gasteiger partial charge is 0.272 e. The fourth-order valence-corrected chi connectivity index (χ4v) is 2.65. The average molecular weight is 321 g/mol. The molecule has 3 aromatic heterocycles. The molecule has 6 nitrogen and oxygen atoms in total. The van der Waals surface area contributed by atoms with E-state index in [-0.39, 0.29) is 24.0 Å². The Morgan fingerprint density at radius 3 is 2.88 bits per heavy atom. The second-order valence-electron chi connectivity index (χ2n) is 5.28. The number of H-pyrrole nitrogens is 1. The largest absolute Gasteiger partial charge is 0.352 e. The third kappa shape index (κ3) is 2.45. The SMILES string of the molecule is O=C(NCc1ccncn1)c1nccc2c1[nH]c1cc(F)ccc12. The molecule has 4 aromatic rings. The van der Waals surface area contributed by atoms with E-state index in [4.69, 9.17) is 0 Å². The first-order valence-corrected chi connectivity index (χ1v) is 7.31. The maximum absolute atomic E-state index is 13.4. The molecule has 0 fully saturated rings. The van der Waals surface area contributed by atoms with Crippen LogP contribution in [0.25, 0.3) is 21.8 Å². The topological polar surface area (TPSA) is 83.6 Å². The molecule has 118 valence electrons. The molecular formula is C17H12FN5O. The van der Waals surface area contributed by atoms with Gasteiger partial charge in [-0.05, 0) is 30.3 Å². The van der Waals surface area contributed by atoms with Gasteiger partial charge in [0, 0.05) is 28.7 Å². The number of amides is 1. The van der Waals surface area contributed by atoms with Gasteiger partial charge in [0.05, 0.1) is 17.8 Å². The average Bonchev–Trinajstić information content (AvgIpc) is 2.98. The monoisotopic (exact) mass is 321 g/mol. The lowest BCUT2D eigenvalue weighted by molar-refractivity contribution is 0.0947. The lowest BCUT2D eigenvalue weighted by atomic mass is 10.1. The first-order chi connectivity index (χ1) is 11.7. The quantitative estimate of drug-likeness (QED) is 0.607. The molecule has 0 unspecified atom stereocenters. The Hall–Kier alpha value is -3.35. The number of aromatic nitrogens is 4. The molecule has 0 atom stereocenters. The van der Waals surface area contributed by atoms with E-state index in [1.165, 1.54) is 18.5 Å². The Labute approximate surface area is 135 Å². The van der Waals surface area contributed by atoms with E-state index in [9.17, 15) is 9.18 Å². The second-order valence-corrected chi connectivity index (χ2v) is 5.28. The Bertz CT molecular complexity index is 1040. The second kappa shape index (κ2) is 5.69. The number of hydrogen-bond acceptors (Lipinski definition) is 4. The number of carbonyl (C=O) groups is 1. The summed E-state index contributed by atoms with van der Waals surface area (Å²) in [6.07, 6.45) is 4.60. The van der Waals surface area contributed by atoms with Crippen LogP contribution in [0.5, 0.6) is 0 Å². The summed E-state index contributed by atoms with van der Waals surface area (Å²) >= 11 is 0. The molecule has 0 aliphatic heterocycles. The van der Waals surface area contributed by atoms with Gasteiger partial charge < -0.3 is 10.3 Å². The van der Waals surface area contributed by atoms with Crippen molar-refractivity contribution in [2.75, 3.05) is 0 Å². The fourth-order valence-electron chi connectivity index (χ4n) is 2.65. The number of hydrogen-bond donors (Lipinski definition) is 2. The van der Waals surface area contributed by atoms with E-state index in [0.717, 1.165) is 10.8 Å². The summed E-state index contributed by atoms with van der Waals surface area (Å²) < 4.78 is 13.4. The normalized spacial score (nSPS) is 11.0. The highest BCUT2D eigenvalue weighted by atomic mass is 19.1. The predicted octanol–water partition coefficient (Wildman–Crippen LogP) is 2.58. The van der Waals surface area contributed by atoms with Crippen molar-refractivity contribution in [3.8, 4) is 0 Å². The van der Waals surface area contributed by atoms with Gasteiger partial charge in [-0.3, -0.25) is 4.79 Å². The lowest BCUT2D eigenvalue weighted by Crippen LogP contribution is -2.24. The fraction of sp³-hybridized carbons (Fsp3) is 0.0588. The van der Waals surface area contributed by atoms with Gasteiger partial charge in [-0.25, -0.2) is 19.3 Å². The Morgan fingerprint density at radius 1 is 1.12 bits per heavy atom. The molecule has 4 rings (SSSR count). The summed E-state index contributed by atoms with van der Waals surface area (Å²) in [6.45, 7) is 0.272. The van der Waals surface area contributed by atoms with Gasteiger partial charge in [-0.1, -0.05) is 0 Å². The molecule has 0 aliphatic rings. The third-order valence-electron chi connectivity index (χ3n) is 3.77. The van der Waals surface area contributed by atoms with Crippen molar-refractivity contribution in [2.24, 2.45) is 0 Å². The van der Waals surface area contributed by atoms with Crippen molar-refractivity contribution in [3.05, 3.63) is 66.3 Å². The molecule has 2 N–H and O–H groups in total. The third-order valence-corrected chi connectivity index (χ3v) is 3.77. The van der Waals surface area contributed by atoms with Crippen molar-refractivity contribution in [1.82, 2.24) is 25.3 Å². The minimum atomic E-state index is -0.336. The van der Waals surface area contributed by atoms with Crippen LogP contribution in [0.1, 0.15) is 16.2 Å². The number of halogens is 1. The molecule has 0 radical (unpaired) electrons. The van der Waals surface area contributed by atoms with Crippen LogP contribution >= 0.6 is 0 Å². The van der Waals surface area contributed by atoms with Crippen LogP contribution in [-0.4, -0.2) is 25.8 Å². The van der Waals surface area contributed by atoms with Gasteiger partial charge in [0.2, 0.25) is 0 Å². The van der Waals surface area contributed by atoms with E-state index >= 15 is 0 Å². The number of fused-ring (bicyclic) bond motifs is 3. The van der Waals surface area contributed by atoms with E-state index < -0.39 is 0 Å². The predicted molar refractivity (Wildman–Crippen MR) is 86.8 cm³/mol. The Balaban J connectivity index is 1.71. The molecule has 1 amide bonds. The van der Waals surface area contributed by atoms with Crippen LogP contribution < -0.4 is 5.32 Å². The van der Waals surface area contributed by atoms with Gasteiger partial charge in [-0.2, -0.15) is 0 Å². The number of nitrogens with zero attached hydrogens (tertiary/aromatic N) is 3. The van der Waals surface area contributed by atoms with E-state index in [2.05, 4.69) is 25.3 Å². The zero-order valence-electron chi connectivity index (χ0n) is 12.5. The van der Waals surface area contributed by atoms with Gasteiger partial charge >= 0.3 is 0 Å². The first-order valence-electron chi connectivity index (χ1n) is 7.31. The van der Waals surface area contributed by atoms with Crippen LogP contribution in [0.2, 0.25) is 0 Å². The molecule has 0 spiro atoms. The number of pyridine rings is 1. The van der Waals surface area contributed by atoms with Gasteiger partial charge in [0.25, 0.3) is 5.91 Å². The Morgan fingerprint density at radius 2 is 2.04 bits per heavy atom. The number of aromatic amines is 1. The molecule has 0 bridgehead atoms. The molecule has 0 saturated carbocycles. The van der Waals surface area contributed by atoms with Crippen molar-refractivity contribution in [3.63, 3.8) is 0 Å². The van der Waals surface area contributed by atoms with Crippen LogP contribution in [-0.2, 0) is 6.54 Å². The van der Waals surface area contributed by atoms with E-state index in [0.29, 0.717) is 16.7 Å². The Kier molecular flexibility index (Phi) is 3.38. The zero-order valence-corrected chi connectivity index (χ0v) is 12.5. The van der Waals surface area contributed by atoms with Crippen molar-refractivity contribution >= 4 is 27.7 Å². The summed E-state index contributed by atoms with van der Waals surface area (Å²) in [6, 6.07) is 8.00. The molecule has 1 aromatic carbocycles. The summed E-state index contributed by atoms with van der Waals surface area (Å²) in [7, 11) is 0. The minimum absolute atomic E-state index is 0.262. The van der Waals surface area contributed by atoms with Crippen LogP contribution in [0.15, 0.2) is 49.1 Å². The van der Waals surface area contributed by atoms with Gasteiger partial charge in [0.1, 0.15) is 12.1 Å². The maximum Gasteiger partial charge on any atom is 0.272 e. The standard InChI is InChI=1S/C17H12FN5O/c18-10-1-2-12-13-4-6-20-16(15(13)23-14(12)7-10)17(24)21-8-11-3-5-19-9-22-11/h1-7,9,23H,8H2,(H,21,24). The van der Waals surface area contributed by atoms with Crippen LogP contribution in [0, 0.1) is 5.82 Å². The summed E-state index contributed by atoms with van der Waals surface area (Å²) in [5, 5.41) is 4.45. The molecule has 0 saturated heterocycles. The highest BCUT2D eigenvalue weighted by Gasteiger charge is 2.15. The zero-order chi connectivity index (χ0) is 16.5. The maximum atomic E-state index is 13.4. The summed E-state index contributed by atoms with van der Waals surface area (Å²) in [5.41, 5.74) is 2.17. The van der Waals surface area contributed by atoms with Gasteiger partial charge in [-0.15, -0.1) is 0 Å². The van der Waals surface area contributed by atoms with Crippen molar-refractivity contribution < 1.29 is 9.18 Å². The highest BCUT2D eigenvalue weighted by molar-refractivity contribution is 6.13. The minimum Gasteiger partial charge on any atom is -0.352 e. The van der Waals surface area contributed by atoms with Crippen LogP contribution in [0.3, 0.4) is 0 Å². The lowest BCUT2D eigenvalue weighted by Gasteiger charge is -2.04. The first kappa shape index (κ1) is 14.3. The molecular weight excluding hydrogens is 309 g/mol. The van der Waals surface area contributed by atoms with Crippen LogP contribution in [0.4, 0.5) is 4.39 Å². The molecule has 0 aliphatic carbocycles. The van der Waals surface area contributed by atoms with E-state index in [1.807, 2.05) is 0 Å². The van der Waals surface area contributed by atoms with Gasteiger partial charge in [0.15, 0.2) is 5.69 Å². The molecule has 3 heterocycles. The number of carbonyl (C=O) groups excluding carboxylic acids is 1. The number of nitrogens with one attached hydrogen (secondary N) is 2. The van der Waals surface area contributed by atoms with Crippen molar-refractivity contribution in [1.29, 1.82) is 0 Å².